The highest BCUT2D eigenvalue weighted by Gasteiger charge is 2.09. The van der Waals surface area contributed by atoms with Crippen LogP contribution in [0.2, 0.25) is 0 Å². The number of nitriles is 2. The van der Waals surface area contributed by atoms with Crippen LogP contribution in [0.25, 0.3) is 0 Å². The molecule has 0 saturated heterocycles. The van der Waals surface area contributed by atoms with E-state index in [1.807, 2.05) is 12.1 Å². The van der Waals surface area contributed by atoms with Gasteiger partial charge in [-0.3, -0.25) is 4.79 Å². The van der Waals surface area contributed by atoms with Crippen LogP contribution < -0.4 is 16.4 Å². The number of hydrogen-bond donors (Lipinski definition) is 3. The summed E-state index contributed by atoms with van der Waals surface area (Å²) in [5.41, 5.74) is 7.81. The maximum Gasteiger partial charge on any atom is 0.267 e. The third kappa shape index (κ3) is 4.35. The Morgan fingerprint density at radius 3 is 2.17 bits per heavy atom. The molecule has 0 aliphatic rings. The van der Waals surface area contributed by atoms with Gasteiger partial charge in [0.2, 0.25) is 0 Å². The van der Waals surface area contributed by atoms with E-state index >= 15 is 0 Å². The molecular formula is C17H13N5O. The number of rotatable bonds is 4. The smallest absolute Gasteiger partial charge is 0.267 e. The molecule has 23 heavy (non-hydrogen) atoms. The molecule has 2 aromatic rings. The van der Waals surface area contributed by atoms with E-state index in [9.17, 15) is 4.79 Å². The standard InChI is InChI=1S/C17H13N5O/c18-9-12-1-5-15(6-2-12)21-11-13(10-19)17(23)22-16-7-3-14(20)4-8-16/h1-8,11,21H,20H2,(H,22,23)/b13-11-. The molecule has 0 fully saturated rings. The van der Waals surface area contributed by atoms with Crippen molar-refractivity contribution in [3.05, 3.63) is 65.9 Å². The molecule has 6 heteroatoms. The van der Waals surface area contributed by atoms with Gasteiger partial charge in [-0.1, -0.05) is 0 Å². The first-order valence-electron chi connectivity index (χ1n) is 6.66. The molecule has 0 unspecified atom stereocenters. The second-order valence-electron chi connectivity index (χ2n) is 4.58. The second-order valence-corrected chi connectivity index (χ2v) is 4.58. The fourth-order valence-electron chi connectivity index (χ4n) is 1.71. The Labute approximate surface area is 133 Å². The summed E-state index contributed by atoms with van der Waals surface area (Å²) in [4.78, 5) is 12.0. The summed E-state index contributed by atoms with van der Waals surface area (Å²) in [6, 6.07) is 17.1. The summed E-state index contributed by atoms with van der Waals surface area (Å²) >= 11 is 0. The van der Waals surface area contributed by atoms with Crippen LogP contribution >= 0.6 is 0 Å². The molecule has 0 bridgehead atoms. The number of carbonyl (C=O) groups excluding carboxylic acids is 1. The lowest BCUT2D eigenvalue weighted by atomic mass is 10.2. The van der Waals surface area contributed by atoms with Crippen LogP contribution in [0.15, 0.2) is 60.3 Å². The Morgan fingerprint density at radius 1 is 1.00 bits per heavy atom. The lowest BCUT2D eigenvalue weighted by Crippen LogP contribution is -2.14. The number of hydrogen-bond acceptors (Lipinski definition) is 5. The van der Waals surface area contributed by atoms with Gasteiger partial charge in [0, 0.05) is 23.3 Å². The molecule has 0 heterocycles. The van der Waals surface area contributed by atoms with Gasteiger partial charge in [-0.15, -0.1) is 0 Å². The number of carbonyl (C=O) groups is 1. The van der Waals surface area contributed by atoms with Crippen molar-refractivity contribution in [1.82, 2.24) is 0 Å². The van der Waals surface area contributed by atoms with Gasteiger partial charge in [0.15, 0.2) is 0 Å². The normalized spacial score (nSPS) is 10.3. The van der Waals surface area contributed by atoms with Gasteiger partial charge in [0.25, 0.3) is 5.91 Å². The van der Waals surface area contributed by atoms with Gasteiger partial charge in [-0.25, -0.2) is 0 Å². The van der Waals surface area contributed by atoms with Crippen LogP contribution in [0.4, 0.5) is 17.1 Å². The van der Waals surface area contributed by atoms with E-state index in [2.05, 4.69) is 10.6 Å². The van der Waals surface area contributed by atoms with Crippen molar-refractivity contribution in [2.75, 3.05) is 16.4 Å². The first-order valence-corrected chi connectivity index (χ1v) is 6.66. The van der Waals surface area contributed by atoms with Crippen molar-refractivity contribution in [3.8, 4) is 12.1 Å². The molecule has 2 rings (SSSR count). The largest absolute Gasteiger partial charge is 0.399 e. The zero-order valence-electron chi connectivity index (χ0n) is 12.1. The average Bonchev–Trinajstić information content (AvgIpc) is 2.58. The second kappa shape index (κ2) is 7.30. The van der Waals surface area contributed by atoms with E-state index in [0.29, 0.717) is 22.6 Å². The maximum absolute atomic E-state index is 12.0. The van der Waals surface area contributed by atoms with E-state index in [1.54, 1.807) is 48.5 Å². The van der Waals surface area contributed by atoms with E-state index < -0.39 is 5.91 Å². The maximum atomic E-state index is 12.0. The SMILES string of the molecule is N#C/C(=C/Nc1ccc(C#N)cc1)C(=O)Nc1ccc(N)cc1. The first-order chi connectivity index (χ1) is 11.1. The van der Waals surface area contributed by atoms with E-state index in [4.69, 9.17) is 16.3 Å². The van der Waals surface area contributed by atoms with Gasteiger partial charge in [-0.05, 0) is 48.5 Å². The summed E-state index contributed by atoms with van der Waals surface area (Å²) in [5.74, 6) is -0.529. The van der Waals surface area contributed by atoms with Crippen molar-refractivity contribution in [3.63, 3.8) is 0 Å². The molecule has 0 aliphatic carbocycles. The molecule has 4 N–H and O–H groups in total. The molecule has 0 saturated carbocycles. The molecule has 0 spiro atoms. The van der Waals surface area contributed by atoms with Crippen LogP contribution in [-0.4, -0.2) is 5.91 Å². The topological polar surface area (TPSA) is 115 Å². The third-order valence-corrected chi connectivity index (χ3v) is 2.93. The van der Waals surface area contributed by atoms with Crippen LogP contribution in [-0.2, 0) is 4.79 Å². The summed E-state index contributed by atoms with van der Waals surface area (Å²) in [6.45, 7) is 0. The molecule has 1 amide bonds. The Balaban J connectivity index is 2.05. The predicted molar refractivity (Wildman–Crippen MR) is 88.0 cm³/mol. The minimum Gasteiger partial charge on any atom is -0.399 e. The Hall–Kier alpha value is -3.77. The molecule has 0 aliphatic heterocycles. The van der Waals surface area contributed by atoms with Crippen LogP contribution in [0.1, 0.15) is 5.56 Å². The summed E-state index contributed by atoms with van der Waals surface area (Å²) in [6.07, 6.45) is 1.31. The van der Waals surface area contributed by atoms with Crippen molar-refractivity contribution in [2.24, 2.45) is 0 Å². The first kappa shape index (κ1) is 15.6. The summed E-state index contributed by atoms with van der Waals surface area (Å²) in [5, 5.41) is 23.3. The quantitative estimate of drug-likeness (QED) is 0.456. The number of anilines is 3. The molecule has 2 aromatic carbocycles. The van der Waals surface area contributed by atoms with Crippen LogP contribution in [0, 0.1) is 22.7 Å². The van der Waals surface area contributed by atoms with Gasteiger partial charge in [0.1, 0.15) is 11.6 Å². The fourth-order valence-corrected chi connectivity index (χ4v) is 1.71. The molecule has 0 radical (unpaired) electrons. The summed E-state index contributed by atoms with van der Waals surface area (Å²) in [7, 11) is 0. The van der Waals surface area contributed by atoms with Crippen LogP contribution in [0.3, 0.4) is 0 Å². The Morgan fingerprint density at radius 2 is 1.61 bits per heavy atom. The summed E-state index contributed by atoms with van der Waals surface area (Å²) < 4.78 is 0. The highest BCUT2D eigenvalue weighted by Crippen LogP contribution is 2.13. The number of nitrogens with zero attached hydrogens (tertiary/aromatic N) is 2. The molecular weight excluding hydrogens is 290 g/mol. The van der Waals surface area contributed by atoms with Crippen molar-refractivity contribution in [1.29, 1.82) is 10.5 Å². The predicted octanol–water partition coefficient (Wildman–Crippen LogP) is 2.60. The van der Waals surface area contributed by atoms with Crippen molar-refractivity contribution < 1.29 is 4.79 Å². The van der Waals surface area contributed by atoms with E-state index in [1.165, 1.54) is 6.20 Å². The lowest BCUT2D eigenvalue weighted by Gasteiger charge is -2.05. The monoisotopic (exact) mass is 303 g/mol. The Bertz CT molecular complexity index is 808. The molecule has 112 valence electrons. The zero-order chi connectivity index (χ0) is 16.7. The number of nitrogens with two attached hydrogens (primary N) is 1. The van der Waals surface area contributed by atoms with Gasteiger partial charge in [-0.2, -0.15) is 10.5 Å². The third-order valence-electron chi connectivity index (χ3n) is 2.93. The number of nitrogens with one attached hydrogen (secondary N) is 2. The van der Waals surface area contributed by atoms with Gasteiger partial charge in [0.05, 0.1) is 11.6 Å². The fraction of sp³-hybridized carbons (Fsp3) is 0. The number of nitrogen functional groups attached to an aromatic ring is 1. The van der Waals surface area contributed by atoms with Crippen molar-refractivity contribution >= 4 is 23.0 Å². The zero-order valence-corrected chi connectivity index (χ0v) is 12.1. The number of amides is 1. The number of benzene rings is 2. The van der Waals surface area contributed by atoms with E-state index in [-0.39, 0.29) is 5.57 Å². The van der Waals surface area contributed by atoms with E-state index in [0.717, 1.165) is 0 Å². The average molecular weight is 303 g/mol. The minimum absolute atomic E-state index is 0.0776. The Kier molecular flexibility index (Phi) is 4.96. The minimum atomic E-state index is -0.529. The van der Waals surface area contributed by atoms with Crippen LogP contribution in [0.5, 0.6) is 0 Å². The van der Waals surface area contributed by atoms with Gasteiger partial charge < -0.3 is 16.4 Å². The van der Waals surface area contributed by atoms with Crippen molar-refractivity contribution in [2.45, 2.75) is 0 Å². The highest BCUT2D eigenvalue weighted by molar-refractivity contribution is 6.06. The van der Waals surface area contributed by atoms with Gasteiger partial charge >= 0.3 is 0 Å². The highest BCUT2D eigenvalue weighted by atomic mass is 16.1. The molecule has 0 aromatic heterocycles. The molecule has 6 nitrogen and oxygen atoms in total. The lowest BCUT2D eigenvalue weighted by molar-refractivity contribution is -0.112. The molecule has 0 atom stereocenters.